The van der Waals surface area contributed by atoms with Crippen molar-refractivity contribution in [1.29, 1.82) is 0 Å². The number of nitrogens with one attached hydrogen (secondary N) is 1. The molecule has 0 aromatic rings. The van der Waals surface area contributed by atoms with Crippen molar-refractivity contribution in [2.45, 2.75) is 102 Å². The Kier molecular flexibility index (Phi) is 16.0. The van der Waals surface area contributed by atoms with E-state index >= 15 is 0 Å². The average Bonchev–Trinajstić information content (AvgIpc) is 2.89. The van der Waals surface area contributed by atoms with Gasteiger partial charge in [-0.3, -0.25) is 33.7 Å². The third kappa shape index (κ3) is 10.1. The van der Waals surface area contributed by atoms with Crippen LogP contribution >= 0.6 is 0 Å². The highest BCUT2D eigenvalue weighted by atomic mass is 16.4. The zero-order valence-corrected chi connectivity index (χ0v) is 24.0. The number of amides is 3. The topological polar surface area (TPSA) is 320 Å². The van der Waals surface area contributed by atoms with Crippen LogP contribution < -0.4 is 28.3 Å². The number of nitrogens with two attached hydrogens (primary N) is 4. The zero-order valence-electron chi connectivity index (χ0n) is 24.0. The van der Waals surface area contributed by atoms with E-state index in [4.69, 9.17) is 33.1 Å². The number of aliphatic hydroxyl groups is 1. The minimum absolute atomic E-state index is 0.0969. The van der Waals surface area contributed by atoms with Crippen molar-refractivity contribution >= 4 is 41.4 Å². The first-order valence-electron chi connectivity index (χ1n) is 13.4. The normalized spacial score (nSPS) is 16.3. The van der Waals surface area contributed by atoms with E-state index in [-0.39, 0.29) is 11.3 Å². The molecule has 0 spiro atoms. The molecule has 0 radical (unpaired) electrons. The zero-order chi connectivity index (χ0) is 32.9. The van der Waals surface area contributed by atoms with Crippen molar-refractivity contribution in [2.24, 2.45) is 28.9 Å². The maximum Gasteiger partial charge on any atom is 0.340 e. The van der Waals surface area contributed by atoms with E-state index in [9.17, 15) is 43.8 Å². The summed E-state index contributed by atoms with van der Waals surface area (Å²) < 4.78 is 0. The number of rotatable bonds is 20. The molecule has 6 unspecified atom stereocenters. The number of carbonyl (C=O) groups excluding carboxylic acids is 4. The van der Waals surface area contributed by atoms with Crippen LogP contribution in [0.15, 0.2) is 0 Å². The van der Waals surface area contributed by atoms with Crippen LogP contribution in [0.1, 0.15) is 65.7 Å². The van der Waals surface area contributed by atoms with Crippen LogP contribution in [0.2, 0.25) is 0 Å². The predicted octanol–water partition coefficient (Wildman–Crippen LogP) is -2.90. The smallest absolute Gasteiger partial charge is 0.340 e. The van der Waals surface area contributed by atoms with Crippen LogP contribution in [0.25, 0.3) is 0 Å². The molecule has 0 aromatic heterocycles. The van der Waals surface area contributed by atoms with Crippen LogP contribution in [0.4, 0.5) is 0 Å². The molecule has 0 aromatic carbocycles. The molecule has 6 atom stereocenters. The second kappa shape index (κ2) is 17.4. The van der Waals surface area contributed by atoms with E-state index in [1.165, 1.54) is 13.8 Å². The maximum absolute atomic E-state index is 14.0. The van der Waals surface area contributed by atoms with Crippen molar-refractivity contribution < 1.29 is 54.0 Å². The summed E-state index contributed by atoms with van der Waals surface area (Å²) >= 11 is 0. The van der Waals surface area contributed by atoms with Gasteiger partial charge in [0, 0.05) is 12.8 Å². The van der Waals surface area contributed by atoms with Gasteiger partial charge in [-0.1, -0.05) is 20.3 Å². The second-order valence-electron chi connectivity index (χ2n) is 10.3. The minimum atomic E-state index is -3.44. The van der Waals surface area contributed by atoms with Gasteiger partial charge in [0.05, 0.1) is 24.2 Å². The third-order valence-corrected chi connectivity index (χ3v) is 6.63. The molecule has 0 fully saturated rings. The quantitative estimate of drug-likeness (QED) is 0.0497. The average molecular weight is 605 g/mol. The van der Waals surface area contributed by atoms with E-state index in [0.717, 1.165) is 6.92 Å². The molecule has 42 heavy (non-hydrogen) atoms. The Labute approximate surface area is 242 Å². The van der Waals surface area contributed by atoms with Crippen LogP contribution in [-0.4, -0.2) is 109 Å². The van der Waals surface area contributed by atoms with Crippen LogP contribution in [0.5, 0.6) is 0 Å². The minimum Gasteiger partial charge on any atom is -0.481 e. The lowest BCUT2D eigenvalue weighted by atomic mass is 9.80. The largest absolute Gasteiger partial charge is 0.481 e. The first kappa shape index (κ1) is 38.5. The van der Waals surface area contributed by atoms with Gasteiger partial charge in [-0.25, -0.2) is 4.79 Å². The summed E-state index contributed by atoms with van der Waals surface area (Å²) in [4.78, 5) is 89.0. The molecule has 0 saturated carbocycles. The summed E-state index contributed by atoms with van der Waals surface area (Å²) in [6.07, 6.45) is -3.73. The van der Waals surface area contributed by atoms with Gasteiger partial charge < -0.3 is 48.7 Å². The molecule has 3 amide bonds. The molecule has 0 aliphatic carbocycles. The Balaban J connectivity index is 7.06. The molecule has 0 aliphatic rings. The van der Waals surface area contributed by atoms with E-state index in [2.05, 4.69) is 5.32 Å². The van der Waals surface area contributed by atoms with Crippen LogP contribution in [-0.2, 0) is 33.6 Å². The molecule has 0 heterocycles. The van der Waals surface area contributed by atoms with Gasteiger partial charge in [0.1, 0.15) is 6.04 Å². The molecule has 0 saturated heterocycles. The fourth-order valence-electron chi connectivity index (χ4n) is 4.15. The van der Waals surface area contributed by atoms with Gasteiger partial charge in [-0.15, -0.1) is 0 Å². The van der Waals surface area contributed by atoms with Gasteiger partial charge in [0.25, 0.3) is 5.91 Å². The number of imide groups is 1. The number of hydrogen-bond acceptors (Lipinski definition) is 12. The standard InChI is InChI=1S/C25H44N6O11/c1-12(2)19(30-21(38)15(28)6-4-5-11-26)23(40)31(22(39)16(29)8-10-18(35)36)25(13(3)32,24(41)42)20(37)14(27)7-9-17(33)34/h12-16,19,32H,4-11,26-29H2,1-3H3,(H,30,38)(H,33,34)(H,35,36)(H,41,42). The molecule has 0 rings (SSSR count). The summed E-state index contributed by atoms with van der Waals surface area (Å²) in [5, 5.41) is 41.4. The summed E-state index contributed by atoms with van der Waals surface area (Å²) in [5.41, 5.74) is 19.6. The Morgan fingerprint density at radius 3 is 1.67 bits per heavy atom. The highest BCUT2D eigenvalue weighted by Gasteiger charge is 2.61. The Morgan fingerprint density at radius 1 is 0.762 bits per heavy atom. The molecule has 0 bridgehead atoms. The Bertz CT molecular complexity index is 1010. The van der Waals surface area contributed by atoms with E-state index in [0.29, 0.717) is 19.4 Å². The Hall–Kier alpha value is -3.51. The molecular weight excluding hydrogens is 560 g/mol. The van der Waals surface area contributed by atoms with Gasteiger partial charge in [-0.2, -0.15) is 0 Å². The number of nitrogens with zero attached hydrogens (tertiary/aromatic N) is 1. The monoisotopic (exact) mass is 604 g/mol. The van der Waals surface area contributed by atoms with Crippen molar-refractivity contribution in [1.82, 2.24) is 10.2 Å². The van der Waals surface area contributed by atoms with Crippen molar-refractivity contribution in [3.05, 3.63) is 0 Å². The third-order valence-electron chi connectivity index (χ3n) is 6.63. The number of carbonyl (C=O) groups is 7. The first-order valence-corrected chi connectivity index (χ1v) is 13.4. The van der Waals surface area contributed by atoms with Gasteiger partial charge in [0.15, 0.2) is 5.78 Å². The van der Waals surface area contributed by atoms with Gasteiger partial charge >= 0.3 is 17.9 Å². The van der Waals surface area contributed by atoms with Gasteiger partial charge in [-0.05, 0) is 45.1 Å². The number of hydrogen-bond donors (Lipinski definition) is 9. The number of ketones is 1. The van der Waals surface area contributed by atoms with Crippen molar-refractivity contribution in [3.8, 4) is 0 Å². The fourth-order valence-corrected chi connectivity index (χ4v) is 4.15. The Morgan fingerprint density at radius 2 is 1.26 bits per heavy atom. The second-order valence-corrected chi connectivity index (χ2v) is 10.3. The molecule has 17 heteroatoms. The van der Waals surface area contributed by atoms with Gasteiger partial charge in [0.2, 0.25) is 17.4 Å². The summed E-state index contributed by atoms with van der Waals surface area (Å²) in [6.45, 7) is 4.00. The van der Waals surface area contributed by atoms with Crippen LogP contribution in [0.3, 0.4) is 0 Å². The van der Waals surface area contributed by atoms with E-state index in [1.54, 1.807) is 0 Å². The number of aliphatic carboxylic acids is 3. The molecular formula is C25H44N6O11. The lowest BCUT2D eigenvalue weighted by Crippen LogP contribution is -2.75. The maximum atomic E-state index is 14.0. The molecule has 13 N–H and O–H groups in total. The number of aliphatic hydroxyl groups excluding tert-OH is 1. The predicted molar refractivity (Wildman–Crippen MR) is 146 cm³/mol. The first-order chi connectivity index (χ1) is 19.4. The number of carboxylic acid groups (broad SMARTS) is 3. The van der Waals surface area contributed by atoms with E-state index in [1.807, 2.05) is 0 Å². The van der Waals surface area contributed by atoms with Crippen molar-refractivity contribution in [2.75, 3.05) is 6.54 Å². The van der Waals surface area contributed by atoms with E-state index < -0.39 is 109 Å². The van der Waals surface area contributed by atoms with Crippen molar-refractivity contribution in [3.63, 3.8) is 0 Å². The lowest BCUT2D eigenvalue weighted by molar-refractivity contribution is -0.180. The van der Waals surface area contributed by atoms with Crippen LogP contribution in [0, 0.1) is 5.92 Å². The number of carboxylic acids is 3. The fraction of sp³-hybridized carbons (Fsp3) is 0.720. The number of Topliss-reactive ketones (excluding diaryl/α,β-unsaturated/α-hetero) is 1. The highest BCUT2D eigenvalue weighted by Crippen LogP contribution is 2.28. The SMILES string of the molecule is CC(C)C(NC(=O)C(N)CCCCN)C(=O)N(C(=O)C(N)CCC(=O)O)C(C(=O)O)(C(=O)C(N)CCC(=O)O)C(C)O. The highest BCUT2D eigenvalue weighted by molar-refractivity contribution is 6.18. The number of unbranched alkanes of at least 4 members (excludes halogenated alkanes) is 1. The lowest BCUT2D eigenvalue weighted by Gasteiger charge is -2.43. The summed E-state index contributed by atoms with van der Waals surface area (Å²) in [7, 11) is 0. The summed E-state index contributed by atoms with van der Waals surface area (Å²) in [5.74, 6) is -11.3. The molecule has 17 nitrogen and oxygen atoms in total. The molecule has 240 valence electrons. The molecule has 0 aliphatic heterocycles. The summed E-state index contributed by atoms with van der Waals surface area (Å²) in [6, 6.07) is -6.56.